The molecule has 112 valence electrons. The summed E-state index contributed by atoms with van der Waals surface area (Å²) in [6, 6.07) is 0.163. The molecule has 2 bridgehead atoms. The van der Waals surface area contributed by atoms with Crippen LogP contribution >= 0.6 is 0 Å². The van der Waals surface area contributed by atoms with E-state index >= 15 is 0 Å². The number of carbonyl (C=O) groups excluding carboxylic acids is 1. The van der Waals surface area contributed by atoms with Crippen LogP contribution in [-0.4, -0.2) is 30.7 Å². The van der Waals surface area contributed by atoms with Gasteiger partial charge < -0.3 is 15.8 Å². The summed E-state index contributed by atoms with van der Waals surface area (Å²) in [6.45, 7) is 0.826. The van der Waals surface area contributed by atoms with E-state index in [-0.39, 0.29) is 24.1 Å². The lowest BCUT2D eigenvalue weighted by atomic mass is 9.68. The Morgan fingerprint density at radius 3 is 2.90 bits per heavy atom. The van der Waals surface area contributed by atoms with Crippen molar-refractivity contribution in [3.63, 3.8) is 0 Å². The molecule has 0 aromatic heterocycles. The van der Waals surface area contributed by atoms with Crippen LogP contribution in [0, 0.1) is 23.7 Å². The second kappa shape index (κ2) is 4.99. The first-order chi connectivity index (χ1) is 9.72. The number of fused-ring (bicyclic) bond motifs is 3. The van der Waals surface area contributed by atoms with Crippen molar-refractivity contribution in [1.82, 2.24) is 5.32 Å². The van der Waals surface area contributed by atoms with Gasteiger partial charge in [0.15, 0.2) is 0 Å². The second-order valence-corrected chi connectivity index (χ2v) is 7.45. The first kappa shape index (κ1) is 13.1. The highest BCUT2D eigenvalue weighted by atomic mass is 16.5. The van der Waals surface area contributed by atoms with Gasteiger partial charge >= 0.3 is 0 Å². The summed E-state index contributed by atoms with van der Waals surface area (Å²) in [4.78, 5) is 12.3. The summed E-state index contributed by atoms with van der Waals surface area (Å²) in [5, 5.41) is 3.16. The van der Waals surface area contributed by atoms with Gasteiger partial charge in [-0.1, -0.05) is 6.42 Å². The van der Waals surface area contributed by atoms with Crippen LogP contribution in [0.1, 0.15) is 44.9 Å². The molecule has 4 rings (SSSR count). The molecule has 3 N–H and O–H groups in total. The molecule has 0 radical (unpaired) electrons. The van der Waals surface area contributed by atoms with Gasteiger partial charge in [-0.15, -0.1) is 0 Å². The van der Waals surface area contributed by atoms with Crippen LogP contribution in [-0.2, 0) is 9.53 Å². The maximum absolute atomic E-state index is 12.3. The molecule has 4 heteroatoms. The summed E-state index contributed by atoms with van der Waals surface area (Å²) >= 11 is 0. The third-order valence-electron chi connectivity index (χ3n) is 6.34. The van der Waals surface area contributed by atoms with Gasteiger partial charge in [-0.25, -0.2) is 0 Å². The Bertz CT molecular complexity index is 400. The highest BCUT2D eigenvalue weighted by molar-refractivity contribution is 5.77. The zero-order valence-electron chi connectivity index (χ0n) is 12.1. The predicted octanol–water partition coefficient (Wildman–Crippen LogP) is 1.43. The van der Waals surface area contributed by atoms with Gasteiger partial charge in [-0.2, -0.15) is 0 Å². The molecular weight excluding hydrogens is 252 g/mol. The molecule has 3 saturated carbocycles. The SMILES string of the molecule is NC1C2CCCOC2C1NC(=O)CC1CC2CCC1C2. The summed E-state index contributed by atoms with van der Waals surface area (Å²) in [5.41, 5.74) is 6.20. The van der Waals surface area contributed by atoms with Gasteiger partial charge in [0.1, 0.15) is 0 Å². The minimum Gasteiger partial charge on any atom is -0.376 e. The van der Waals surface area contributed by atoms with Crippen molar-refractivity contribution in [2.24, 2.45) is 29.4 Å². The molecule has 0 aromatic carbocycles. The van der Waals surface area contributed by atoms with Gasteiger partial charge in [0.05, 0.1) is 12.1 Å². The van der Waals surface area contributed by atoms with Gasteiger partial charge in [0.2, 0.25) is 5.91 Å². The van der Waals surface area contributed by atoms with Crippen molar-refractivity contribution < 1.29 is 9.53 Å². The summed E-state index contributed by atoms with van der Waals surface area (Å²) < 4.78 is 5.79. The molecule has 0 aromatic rings. The molecule has 1 aliphatic heterocycles. The van der Waals surface area contributed by atoms with Gasteiger partial charge in [-0.05, 0) is 49.9 Å². The van der Waals surface area contributed by atoms with Crippen LogP contribution < -0.4 is 11.1 Å². The largest absolute Gasteiger partial charge is 0.376 e. The number of nitrogens with one attached hydrogen (secondary N) is 1. The van der Waals surface area contributed by atoms with Crippen molar-refractivity contribution in [2.75, 3.05) is 6.61 Å². The predicted molar refractivity (Wildman–Crippen MR) is 75.9 cm³/mol. The molecule has 1 amide bonds. The topological polar surface area (TPSA) is 64.3 Å². The maximum atomic E-state index is 12.3. The number of nitrogens with two attached hydrogens (primary N) is 1. The summed E-state index contributed by atoms with van der Waals surface area (Å²) in [5.74, 6) is 3.04. The molecular formula is C16H26N2O2. The van der Waals surface area contributed by atoms with E-state index in [4.69, 9.17) is 10.5 Å². The lowest BCUT2D eigenvalue weighted by Crippen LogP contribution is -2.72. The van der Waals surface area contributed by atoms with Crippen LogP contribution in [0.15, 0.2) is 0 Å². The number of rotatable bonds is 3. The van der Waals surface area contributed by atoms with E-state index in [0.717, 1.165) is 31.3 Å². The second-order valence-electron chi connectivity index (χ2n) is 7.45. The Hall–Kier alpha value is -0.610. The van der Waals surface area contributed by atoms with Crippen molar-refractivity contribution in [3.8, 4) is 0 Å². The number of hydrogen-bond donors (Lipinski definition) is 2. The van der Waals surface area contributed by atoms with Gasteiger partial charge in [0.25, 0.3) is 0 Å². The van der Waals surface area contributed by atoms with Crippen LogP contribution in [0.4, 0.5) is 0 Å². The van der Waals surface area contributed by atoms with Crippen molar-refractivity contribution in [2.45, 2.75) is 63.1 Å². The molecule has 1 heterocycles. The van der Waals surface area contributed by atoms with Gasteiger partial charge in [-0.3, -0.25) is 4.79 Å². The zero-order chi connectivity index (χ0) is 13.7. The smallest absolute Gasteiger partial charge is 0.220 e. The molecule has 4 nitrogen and oxygen atoms in total. The van der Waals surface area contributed by atoms with E-state index in [9.17, 15) is 4.79 Å². The van der Waals surface area contributed by atoms with E-state index in [1.807, 2.05) is 0 Å². The molecule has 4 fully saturated rings. The average Bonchev–Trinajstić information content (AvgIpc) is 3.07. The molecule has 3 aliphatic carbocycles. The Morgan fingerprint density at radius 1 is 1.25 bits per heavy atom. The van der Waals surface area contributed by atoms with E-state index in [2.05, 4.69) is 5.32 Å². The number of carbonyl (C=O) groups is 1. The number of ether oxygens (including phenoxy) is 1. The highest BCUT2D eigenvalue weighted by Gasteiger charge is 2.51. The van der Waals surface area contributed by atoms with Crippen LogP contribution in [0.3, 0.4) is 0 Å². The van der Waals surface area contributed by atoms with E-state index in [1.165, 1.54) is 25.7 Å². The minimum atomic E-state index is 0.0615. The molecule has 0 spiro atoms. The maximum Gasteiger partial charge on any atom is 0.220 e. The van der Waals surface area contributed by atoms with E-state index in [0.29, 0.717) is 18.3 Å². The Labute approximate surface area is 120 Å². The normalized spacial score (nSPS) is 49.5. The number of amides is 1. The lowest BCUT2D eigenvalue weighted by molar-refractivity contribution is -0.140. The fraction of sp³-hybridized carbons (Fsp3) is 0.938. The quantitative estimate of drug-likeness (QED) is 0.821. The molecule has 1 saturated heterocycles. The summed E-state index contributed by atoms with van der Waals surface area (Å²) in [6.07, 6.45) is 8.55. The number of hydrogen-bond acceptors (Lipinski definition) is 3. The van der Waals surface area contributed by atoms with Crippen molar-refractivity contribution in [1.29, 1.82) is 0 Å². The van der Waals surface area contributed by atoms with Gasteiger partial charge in [0, 0.05) is 25.0 Å². The third kappa shape index (κ3) is 2.08. The van der Waals surface area contributed by atoms with Crippen LogP contribution in [0.5, 0.6) is 0 Å². The first-order valence-electron chi connectivity index (χ1n) is 8.39. The first-order valence-corrected chi connectivity index (χ1v) is 8.39. The van der Waals surface area contributed by atoms with E-state index < -0.39 is 0 Å². The Kier molecular flexibility index (Phi) is 3.26. The van der Waals surface area contributed by atoms with E-state index in [1.54, 1.807) is 0 Å². The zero-order valence-corrected chi connectivity index (χ0v) is 12.1. The fourth-order valence-corrected chi connectivity index (χ4v) is 5.24. The molecule has 7 atom stereocenters. The average molecular weight is 278 g/mol. The Morgan fingerprint density at radius 2 is 2.15 bits per heavy atom. The molecule has 20 heavy (non-hydrogen) atoms. The molecule has 4 aliphatic rings. The van der Waals surface area contributed by atoms with Crippen LogP contribution in [0.25, 0.3) is 0 Å². The Balaban J connectivity index is 1.30. The van der Waals surface area contributed by atoms with Crippen molar-refractivity contribution in [3.05, 3.63) is 0 Å². The monoisotopic (exact) mass is 278 g/mol. The highest BCUT2D eigenvalue weighted by Crippen LogP contribution is 2.49. The summed E-state index contributed by atoms with van der Waals surface area (Å²) in [7, 11) is 0. The standard InChI is InChI=1S/C16H26N2O2/c17-14-12-2-1-5-20-16(12)15(14)18-13(19)8-11-7-9-3-4-10(11)6-9/h9-12,14-16H,1-8,17H2,(H,18,19). The molecule has 7 unspecified atom stereocenters. The third-order valence-corrected chi connectivity index (χ3v) is 6.34. The lowest BCUT2D eigenvalue weighted by Gasteiger charge is -2.52. The fourth-order valence-electron chi connectivity index (χ4n) is 5.24. The van der Waals surface area contributed by atoms with Crippen molar-refractivity contribution >= 4 is 5.91 Å². The van der Waals surface area contributed by atoms with Crippen LogP contribution in [0.2, 0.25) is 0 Å². The minimum absolute atomic E-state index is 0.0615.